The Labute approximate surface area is 266 Å². The van der Waals surface area contributed by atoms with Crippen molar-refractivity contribution in [3.8, 4) is 11.5 Å². The van der Waals surface area contributed by atoms with Crippen LogP contribution >= 0.6 is 11.6 Å². The molecule has 0 aliphatic carbocycles. The summed E-state index contributed by atoms with van der Waals surface area (Å²) in [5, 5.41) is 1.67. The number of amides is 1. The smallest absolute Gasteiger partial charge is 0.416 e. The average molecular weight is 620 g/mol. The fourth-order valence-electron chi connectivity index (χ4n) is 5.44. The Morgan fingerprint density at radius 3 is 2.32 bits per heavy atom. The summed E-state index contributed by atoms with van der Waals surface area (Å²) in [6.45, 7) is 11.7. The van der Waals surface area contributed by atoms with E-state index in [1.165, 1.54) is 0 Å². The number of rotatable bonds is 11. The van der Waals surface area contributed by atoms with Crippen molar-refractivity contribution in [3.05, 3.63) is 94.6 Å². The van der Waals surface area contributed by atoms with Gasteiger partial charge in [0.15, 0.2) is 0 Å². The quantitative estimate of drug-likeness (QED) is 0.134. The predicted molar refractivity (Wildman–Crippen MR) is 179 cm³/mol. The summed E-state index contributed by atoms with van der Waals surface area (Å²) in [5.41, 5.74) is 3.77. The normalized spacial score (nSPS) is 14.2. The molecule has 1 aliphatic heterocycles. The molecule has 0 saturated carbocycles. The van der Waals surface area contributed by atoms with Gasteiger partial charge in [-0.1, -0.05) is 69.6 Å². The summed E-state index contributed by atoms with van der Waals surface area (Å²) in [7, 11) is 0. The molecule has 44 heavy (non-hydrogen) atoms. The van der Waals surface area contributed by atoms with Crippen LogP contribution in [0.3, 0.4) is 0 Å². The minimum atomic E-state index is -0.425. The number of halogens is 1. The van der Waals surface area contributed by atoms with Crippen molar-refractivity contribution in [2.24, 2.45) is 5.92 Å². The van der Waals surface area contributed by atoms with Crippen LogP contribution in [-0.2, 0) is 11.2 Å². The molecule has 0 radical (unpaired) electrons. The highest BCUT2D eigenvalue weighted by molar-refractivity contribution is 6.31. The topological polar surface area (TPSA) is 79.0 Å². The maximum Gasteiger partial charge on any atom is 0.416 e. The first-order chi connectivity index (χ1) is 21.3. The van der Waals surface area contributed by atoms with Crippen LogP contribution in [0.4, 0.5) is 4.79 Å². The zero-order valence-electron chi connectivity index (χ0n) is 26.4. The molecule has 7 nitrogen and oxygen atoms in total. The van der Waals surface area contributed by atoms with E-state index in [0.29, 0.717) is 36.3 Å². The number of nitrogens with zero attached hydrogens (tertiary/aromatic N) is 2. The number of hydrogen-bond acceptors (Lipinski definition) is 5. The zero-order chi connectivity index (χ0) is 31.5. The van der Waals surface area contributed by atoms with E-state index in [0.717, 1.165) is 72.4 Å². The van der Waals surface area contributed by atoms with Crippen LogP contribution in [0, 0.1) is 5.92 Å². The molecule has 1 aliphatic rings. The lowest BCUT2D eigenvalue weighted by atomic mass is 9.92. The van der Waals surface area contributed by atoms with Crippen molar-refractivity contribution in [1.29, 1.82) is 0 Å². The lowest BCUT2D eigenvalue weighted by Gasteiger charge is -2.36. The number of hydrogen-bond donors (Lipinski definition) is 1. The van der Waals surface area contributed by atoms with E-state index < -0.39 is 12.1 Å². The number of para-hydroxylation sites is 1. The highest BCUT2D eigenvalue weighted by atomic mass is 35.5. The number of fused-ring (bicyclic) bond motifs is 3. The highest BCUT2D eigenvalue weighted by Gasteiger charge is 2.37. The molecule has 1 amide bonds. The second-order valence-electron chi connectivity index (χ2n) is 11.5. The highest BCUT2D eigenvalue weighted by Crippen LogP contribution is 2.41. The molecular formula is C36H46ClN3O4. The molecule has 2 heterocycles. The summed E-state index contributed by atoms with van der Waals surface area (Å²) < 4.78 is 18.5. The lowest BCUT2D eigenvalue weighted by molar-refractivity contribution is 0.134. The average Bonchev–Trinajstić information content (AvgIpc) is 3.31. The number of benzene rings is 3. The van der Waals surface area contributed by atoms with Crippen molar-refractivity contribution in [2.75, 3.05) is 32.2 Å². The standard InChI is InChI=1S/C30H32ClN3O3.C6H14O/c1-20(2)7-6-18-36-23-13-10-21(11-14-23)28-29-25(26-19-22(31)12-15-27(26)34(29)32)16-17-33(28)30(35)37-24-8-4-3-5-9-24;1-3-5-7-6-4-2/h3-5,8-15,19-20,28H,6-7,16-18,32H2,1-2H3;3-6H2,1-2H3. The summed E-state index contributed by atoms with van der Waals surface area (Å²) in [6, 6.07) is 22.3. The molecule has 2 N–H and O–H groups in total. The predicted octanol–water partition coefficient (Wildman–Crippen LogP) is 8.79. The van der Waals surface area contributed by atoms with Gasteiger partial charge in [-0.15, -0.1) is 0 Å². The number of aromatic nitrogens is 1. The van der Waals surface area contributed by atoms with E-state index in [2.05, 4.69) is 27.7 Å². The summed E-state index contributed by atoms with van der Waals surface area (Å²) in [5.74, 6) is 8.63. The van der Waals surface area contributed by atoms with Gasteiger partial charge >= 0.3 is 6.09 Å². The van der Waals surface area contributed by atoms with Gasteiger partial charge in [0, 0.05) is 30.2 Å². The molecular weight excluding hydrogens is 574 g/mol. The third-order valence-corrected chi connectivity index (χ3v) is 7.79. The third kappa shape index (κ3) is 8.48. The van der Waals surface area contributed by atoms with Gasteiger partial charge in [0.05, 0.1) is 17.8 Å². The van der Waals surface area contributed by atoms with E-state index in [4.69, 9.17) is 31.7 Å². The van der Waals surface area contributed by atoms with Gasteiger partial charge in [0.2, 0.25) is 0 Å². The second kappa shape index (κ2) is 16.4. The van der Waals surface area contributed by atoms with E-state index in [1.54, 1.807) is 21.7 Å². The summed E-state index contributed by atoms with van der Waals surface area (Å²) >= 11 is 6.33. The Morgan fingerprint density at radius 2 is 1.66 bits per heavy atom. The van der Waals surface area contributed by atoms with E-state index in [1.807, 2.05) is 60.7 Å². The molecule has 8 heteroatoms. The van der Waals surface area contributed by atoms with Crippen molar-refractivity contribution < 1.29 is 19.0 Å². The van der Waals surface area contributed by atoms with Crippen molar-refractivity contribution in [2.45, 2.75) is 65.8 Å². The number of carbonyl (C=O) groups excluding carboxylic acids is 1. The molecule has 0 fully saturated rings. The van der Waals surface area contributed by atoms with Gasteiger partial charge in [-0.2, -0.15) is 0 Å². The summed E-state index contributed by atoms with van der Waals surface area (Å²) in [4.78, 5) is 15.2. The molecule has 0 spiro atoms. The number of nitrogen functional groups attached to an aromatic ring is 1. The van der Waals surface area contributed by atoms with Gasteiger partial charge < -0.3 is 20.1 Å². The van der Waals surface area contributed by atoms with E-state index in [9.17, 15) is 4.79 Å². The van der Waals surface area contributed by atoms with Gasteiger partial charge in [-0.05, 0) is 91.6 Å². The maximum absolute atomic E-state index is 13.4. The first-order valence-corrected chi connectivity index (χ1v) is 16.1. The number of carbonyl (C=O) groups is 1. The Bertz CT molecular complexity index is 1470. The van der Waals surface area contributed by atoms with Crippen LogP contribution < -0.4 is 15.3 Å². The van der Waals surface area contributed by atoms with Gasteiger partial charge in [0.1, 0.15) is 17.5 Å². The Hall–Kier alpha value is -3.68. The number of nitrogens with two attached hydrogens (primary N) is 1. The molecule has 1 aromatic heterocycles. The second-order valence-corrected chi connectivity index (χ2v) is 11.9. The first-order valence-electron chi connectivity index (χ1n) is 15.8. The third-order valence-electron chi connectivity index (χ3n) is 7.56. The molecule has 0 saturated heterocycles. The zero-order valence-corrected chi connectivity index (χ0v) is 27.2. The Balaban J connectivity index is 0.000000566. The molecule has 1 atom stereocenters. The first kappa shape index (κ1) is 33.2. The van der Waals surface area contributed by atoms with Crippen LogP contribution in [0.15, 0.2) is 72.8 Å². The van der Waals surface area contributed by atoms with Crippen LogP contribution in [0.2, 0.25) is 5.02 Å². The van der Waals surface area contributed by atoms with Gasteiger partial charge in [0.25, 0.3) is 0 Å². The van der Waals surface area contributed by atoms with Crippen LogP contribution in [-0.4, -0.2) is 42.0 Å². The summed E-state index contributed by atoms with van der Waals surface area (Å²) in [6.07, 6.45) is 4.65. The van der Waals surface area contributed by atoms with E-state index in [-0.39, 0.29) is 0 Å². The van der Waals surface area contributed by atoms with E-state index >= 15 is 0 Å². The molecule has 236 valence electrons. The molecule has 5 rings (SSSR count). The minimum Gasteiger partial charge on any atom is -0.494 e. The Morgan fingerprint density at radius 1 is 0.955 bits per heavy atom. The minimum absolute atomic E-state index is 0.417. The van der Waals surface area contributed by atoms with Crippen LogP contribution in [0.1, 0.15) is 76.2 Å². The van der Waals surface area contributed by atoms with Crippen molar-refractivity contribution in [1.82, 2.24) is 9.58 Å². The molecule has 0 bridgehead atoms. The monoisotopic (exact) mass is 619 g/mol. The fourth-order valence-corrected chi connectivity index (χ4v) is 5.61. The SMILES string of the molecule is CC(C)CCCOc1ccc(C2c3c(c4cc(Cl)ccc4n3N)CCN2C(=O)Oc2ccccc2)cc1.CCCOCCC. The molecule has 1 unspecified atom stereocenters. The van der Waals surface area contributed by atoms with Crippen LogP contribution in [0.25, 0.3) is 10.9 Å². The maximum atomic E-state index is 13.4. The van der Waals surface area contributed by atoms with Gasteiger partial charge in [-0.25, -0.2) is 4.79 Å². The van der Waals surface area contributed by atoms with Crippen molar-refractivity contribution in [3.63, 3.8) is 0 Å². The largest absolute Gasteiger partial charge is 0.494 e. The van der Waals surface area contributed by atoms with Gasteiger partial charge in [-0.3, -0.25) is 9.58 Å². The molecule has 3 aromatic carbocycles. The molecule has 4 aromatic rings. The lowest BCUT2D eigenvalue weighted by Crippen LogP contribution is -2.43. The van der Waals surface area contributed by atoms with Crippen molar-refractivity contribution >= 4 is 28.6 Å². The number of ether oxygens (including phenoxy) is 3. The van der Waals surface area contributed by atoms with Crippen LogP contribution in [0.5, 0.6) is 11.5 Å². The Kier molecular flexibility index (Phi) is 12.4. The fraction of sp³-hybridized carbons (Fsp3) is 0.417.